The first-order valence-corrected chi connectivity index (χ1v) is 9.01. The number of nitrogens with zero attached hydrogens (tertiary/aromatic N) is 2. The summed E-state index contributed by atoms with van der Waals surface area (Å²) in [6.07, 6.45) is 1.91. The van der Waals surface area contributed by atoms with E-state index in [2.05, 4.69) is 33.5 Å². The molecule has 7 nitrogen and oxygen atoms in total. The van der Waals surface area contributed by atoms with E-state index in [1.807, 2.05) is 18.2 Å². The van der Waals surface area contributed by atoms with E-state index < -0.39 is 0 Å². The SMILES string of the molecule is CN=C(NCc1oc2ccccc2c1C)NC1CCN(CC(N)=O)CC1.I. The number of nitrogens with two attached hydrogens (primary N) is 1. The van der Waals surface area contributed by atoms with E-state index in [0.29, 0.717) is 19.1 Å². The molecule has 1 aromatic carbocycles. The number of hydrogen-bond acceptors (Lipinski definition) is 4. The molecule has 1 aliphatic heterocycles. The minimum atomic E-state index is -0.268. The monoisotopic (exact) mass is 485 g/mol. The number of amides is 1. The first kappa shape index (κ1) is 21.5. The minimum Gasteiger partial charge on any atom is -0.459 e. The summed E-state index contributed by atoms with van der Waals surface area (Å²) in [5.74, 6) is 1.42. The predicted molar refractivity (Wildman–Crippen MR) is 118 cm³/mol. The molecule has 4 N–H and O–H groups in total. The van der Waals surface area contributed by atoms with E-state index >= 15 is 0 Å². The van der Waals surface area contributed by atoms with E-state index in [-0.39, 0.29) is 29.9 Å². The van der Waals surface area contributed by atoms with Gasteiger partial charge in [-0.3, -0.25) is 14.7 Å². The molecular formula is C19H28IN5O2. The molecule has 0 spiro atoms. The summed E-state index contributed by atoms with van der Waals surface area (Å²) in [6, 6.07) is 8.39. The van der Waals surface area contributed by atoms with Gasteiger partial charge >= 0.3 is 0 Å². The number of nitrogens with one attached hydrogen (secondary N) is 2. The van der Waals surface area contributed by atoms with Gasteiger partial charge in [0.25, 0.3) is 0 Å². The van der Waals surface area contributed by atoms with Gasteiger partial charge in [-0.1, -0.05) is 18.2 Å². The summed E-state index contributed by atoms with van der Waals surface area (Å²) in [5.41, 5.74) is 7.33. The lowest BCUT2D eigenvalue weighted by Gasteiger charge is -2.32. The molecule has 0 aliphatic carbocycles. The lowest BCUT2D eigenvalue weighted by molar-refractivity contribution is -0.119. The summed E-state index contributed by atoms with van der Waals surface area (Å²) in [5, 5.41) is 7.94. The van der Waals surface area contributed by atoms with Crippen LogP contribution in [-0.2, 0) is 11.3 Å². The molecule has 3 rings (SSSR count). The van der Waals surface area contributed by atoms with Crippen LogP contribution in [0.4, 0.5) is 0 Å². The van der Waals surface area contributed by atoms with Crippen molar-refractivity contribution in [3.05, 3.63) is 35.6 Å². The average molecular weight is 485 g/mol. The Morgan fingerprint density at radius 2 is 2.04 bits per heavy atom. The summed E-state index contributed by atoms with van der Waals surface area (Å²) in [6.45, 7) is 4.72. The van der Waals surface area contributed by atoms with Gasteiger partial charge in [-0.05, 0) is 25.8 Å². The Balaban J connectivity index is 0.00000261. The first-order valence-electron chi connectivity index (χ1n) is 9.01. The number of piperidine rings is 1. The van der Waals surface area contributed by atoms with Crippen LogP contribution in [0.2, 0.25) is 0 Å². The second-order valence-corrected chi connectivity index (χ2v) is 6.73. The van der Waals surface area contributed by atoms with Crippen LogP contribution in [0, 0.1) is 6.92 Å². The number of fused-ring (bicyclic) bond motifs is 1. The van der Waals surface area contributed by atoms with Gasteiger partial charge in [0, 0.05) is 37.1 Å². The molecule has 0 radical (unpaired) electrons. The molecule has 0 unspecified atom stereocenters. The molecule has 2 aromatic rings. The highest BCUT2D eigenvalue weighted by Crippen LogP contribution is 2.24. The highest BCUT2D eigenvalue weighted by atomic mass is 127. The number of furan rings is 1. The highest BCUT2D eigenvalue weighted by Gasteiger charge is 2.21. The van der Waals surface area contributed by atoms with Gasteiger partial charge in [-0.25, -0.2) is 0 Å². The summed E-state index contributed by atoms with van der Waals surface area (Å²) >= 11 is 0. The number of carbonyl (C=O) groups excluding carboxylic acids is 1. The van der Waals surface area contributed by atoms with Crippen LogP contribution < -0.4 is 16.4 Å². The normalized spacial score (nSPS) is 16.1. The summed E-state index contributed by atoms with van der Waals surface area (Å²) < 4.78 is 5.94. The molecule has 2 heterocycles. The molecule has 0 saturated carbocycles. The van der Waals surface area contributed by atoms with Gasteiger partial charge in [-0.2, -0.15) is 0 Å². The van der Waals surface area contributed by atoms with Crippen molar-refractivity contribution in [2.75, 3.05) is 26.7 Å². The maximum atomic E-state index is 11.0. The van der Waals surface area contributed by atoms with Crippen molar-refractivity contribution < 1.29 is 9.21 Å². The van der Waals surface area contributed by atoms with Crippen LogP contribution in [-0.4, -0.2) is 49.5 Å². The van der Waals surface area contributed by atoms with Crippen LogP contribution in [0.3, 0.4) is 0 Å². The molecule has 8 heteroatoms. The van der Waals surface area contributed by atoms with Crippen molar-refractivity contribution in [3.63, 3.8) is 0 Å². The zero-order valence-electron chi connectivity index (χ0n) is 15.8. The molecule has 0 bridgehead atoms. The van der Waals surface area contributed by atoms with Crippen LogP contribution in [0.1, 0.15) is 24.2 Å². The Kier molecular flexibility index (Phi) is 7.91. The van der Waals surface area contributed by atoms with Gasteiger partial charge in [0.2, 0.25) is 5.91 Å². The number of guanidine groups is 1. The number of benzene rings is 1. The second-order valence-electron chi connectivity index (χ2n) is 6.73. The van der Waals surface area contributed by atoms with Crippen LogP contribution in [0.5, 0.6) is 0 Å². The lowest BCUT2D eigenvalue weighted by Crippen LogP contribution is -2.49. The first-order chi connectivity index (χ1) is 12.6. The molecule has 1 saturated heterocycles. The van der Waals surface area contributed by atoms with Crippen LogP contribution in [0.15, 0.2) is 33.7 Å². The third-order valence-electron chi connectivity index (χ3n) is 4.89. The minimum absolute atomic E-state index is 0. The molecule has 1 fully saturated rings. The largest absolute Gasteiger partial charge is 0.459 e. The van der Waals surface area contributed by atoms with E-state index in [0.717, 1.165) is 54.2 Å². The topological polar surface area (TPSA) is 95.9 Å². The number of carbonyl (C=O) groups is 1. The highest BCUT2D eigenvalue weighted by molar-refractivity contribution is 14.0. The summed E-state index contributed by atoms with van der Waals surface area (Å²) in [7, 11) is 1.77. The fraction of sp³-hybridized carbons (Fsp3) is 0.474. The third-order valence-corrected chi connectivity index (χ3v) is 4.89. The van der Waals surface area contributed by atoms with E-state index in [9.17, 15) is 4.79 Å². The predicted octanol–water partition coefficient (Wildman–Crippen LogP) is 1.97. The molecule has 27 heavy (non-hydrogen) atoms. The van der Waals surface area contributed by atoms with Gasteiger partial charge in [0.15, 0.2) is 5.96 Å². The van der Waals surface area contributed by atoms with E-state index in [1.54, 1.807) is 7.05 Å². The quantitative estimate of drug-likeness (QED) is 0.342. The van der Waals surface area contributed by atoms with Crippen molar-refractivity contribution in [2.24, 2.45) is 10.7 Å². The number of hydrogen-bond donors (Lipinski definition) is 3. The van der Waals surface area contributed by atoms with E-state index in [4.69, 9.17) is 10.2 Å². The second kappa shape index (κ2) is 9.93. The Labute approximate surface area is 176 Å². The summed E-state index contributed by atoms with van der Waals surface area (Å²) in [4.78, 5) is 17.4. The van der Waals surface area contributed by atoms with Crippen molar-refractivity contribution in [3.8, 4) is 0 Å². The number of rotatable bonds is 5. The van der Waals surface area contributed by atoms with Crippen molar-refractivity contribution >= 4 is 46.8 Å². The van der Waals surface area contributed by atoms with Gasteiger partial charge in [0.1, 0.15) is 11.3 Å². The fourth-order valence-corrected chi connectivity index (χ4v) is 3.40. The number of para-hydroxylation sites is 1. The van der Waals surface area contributed by atoms with Crippen molar-refractivity contribution in [1.82, 2.24) is 15.5 Å². The van der Waals surface area contributed by atoms with E-state index in [1.165, 1.54) is 0 Å². The standard InChI is InChI=1S/C19H27N5O2.HI/c1-13-15-5-3-4-6-16(15)26-17(13)11-22-19(21-2)23-14-7-9-24(10-8-14)12-18(20)25;/h3-6,14H,7-12H2,1-2H3,(H2,20,25)(H2,21,22,23);1H. The molecule has 1 amide bonds. The third kappa shape index (κ3) is 5.58. The smallest absolute Gasteiger partial charge is 0.231 e. The Morgan fingerprint density at radius 1 is 1.33 bits per heavy atom. The van der Waals surface area contributed by atoms with Gasteiger partial charge in [-0.15, -0.1) is 24.0 Å². The zero-order valence-corrected chi connectivity index (χ0v) is 18.2. The van der Waals surface area contributed by atoms with Gasteiger partial charge < -0.3 is 20.8 Å². The number of aliphatic imine (C=N–C) groups is 1. The number of likely N-dealkylation sites (tertiary alicyclic amines) is 1. The van der Waals surface area contributed by atoms with Crippen molar-refractivity contribution in [1.29, 1.82) is 0 Å². The molecular weight excluding hydrogens is 457 g/mol. The Hall–Kier alpha value is -1.81. The fourth-order valence-electron chi connectivity index (χ4n) is 3.40. The van der Waals surface area contributed by atoms with Crippen molar-refractivity contribution in [2.45, 2.75) is 32.4 Å². The Morgan fingerprint density at radius 3 is 2.67 bits per heavy atom. The Bertz CT molecular complexity index is 796. The zero-order chi connectivity index (χ0) is 18.5. The van der Waals surface area contributed by atoms with Crippen LogP contribution in [0.25, 0.3) is 11.0 Å². The molecule has 1 aliphatic rings. The average Bonchev–Trinajstić information content (AvgIpc) is 2.96. The molecule has 1 aromatic heterocycles. The maximum absolute atomic E-state index is 11.0. The maximum Gasteiger partial charge on any atom is 0.231 e. The molecule has 148 valence electrons. The lowest BCUT2D eigenvalue weighted by atomic mass is 10.1. The number of primary amides is 1. The van der Waals surface area contributed by atoms with Gasteiger partial charge in [0.05, 0.1) is 13.1 Å². The van der Waals surface area contributed by atoms with Crippen LogP contribution >= 0.6 is 24.0 Å². The number of aryl methyl sites for hydroxylation is 1. The number of halogens is 1. The molecule has 0 atom stereocenters.